The molecular formula is C13H11N3O. The Labute approximate surface area is 98.5 Å². The smallest absolute Gasteiger partial charge is 0.155 e. The van der Waals surface area contributed by atoms with Crippen LogP contribution in [0.15, 0.2) is 48.8 Å². The van der Waals surface area contributed by atoms with E-state index in [4.69, 9.17) is 4.74 Å². The fraction of sp³-hybridized carbons (Fsp3) is 0.0769. The van der Waals surface area contributed by atoms with E-state index in [1.165, 1.54) is 0 Å². The first-order chi connectivity index (χ1) is 8.38. The Morgan fingerprint density at radius 3 is 2.88 bits per heavy atom. The van der Waals surface area contributed by atoms with Crippen LogP contribution in [0.1, 0.15) is 0 Å². The minimum Gasteiger partial charge on any atom is -0.497 e. The van der Waals surface area contributed by atoms with E-state index in [0.29, 0.717) is 0 Å². The second kappa shape index (κ2) is 3.90. The van der Waals surface area contributed by atoms with Crippen molar-refractivity contribution in [3.63, 3.8) is 0 Å². The van der Waals surface area contributed by atoms with Crippen molar-refractivity contribution < 1.29 is 4.74 Å². The van der Waals surface area contributed by atoms with Crippen molar-refractivity contribution in [3.8, 4) is 17.0 Å². The maximum absolute atomic E-state index is 5.22. The van der Waals surface area contributed by atoms with Crippen LogP contribution < -0.4 is 4.74 Å². The fourth-order valence-corrected chi connectivity index (χ4v) is 1.85. The summed E-state index contributed by atoms with van der Waals surface area (Å²) in [5, 5.41) is 4.22. The molecule has 0 N–H and O–H groups in total. The first-order valence-corrected chi connectivity index (χ1v) is 5.31. The Bertz CT molecular complexity index is 660. The number of hydrogen-bond acceptors (Lipinski definition) is 3. The van der Waals surface area contributed by atoms with Crippen LogP contribution in [0.5, 0.6) is 5.75 Å². The van der Waals surface area contributed by atoms with E-state index in [1.54, 1.807) is 13.4 Å². The third kappa shape index (κ3) is 1.63. The molecule has 0 unspecified atom stereocenters. The van der Waals surface area contributed by atoms with Crippen LogP contribution in [-0.2, 0) is 0 Å². The van der Waals surface area contributed by atoms with Crippen molar-refractivity contribution in [1.29, 1.82) is 0 Å². The van der Waals surface area contributed by atoms with Crippen molar-refractivity contribution in [2.45, 2.75) is 0 Å². The molecule has 3 rings (SSSR count). The van der Waals surface area contributed by atoms with Crippen LogP contribution in [-0.4, -0.2) is 21.7 Å². The van der Waals surface area contributed by atoms with Gasteiger partial charge in [0.1, 0.15) is 12.1 Å². The zero-order valence-electron chi connectivity index (χ0n) is 9.37. The highest BCUT2D eigenvalue weighted by atomic mass is 16.5. The molecular weight excluding hydrogens is 214 g/mol. The zero-order valence-corrected chi connectivity index (χ0v) is 9.37. The Balaban J connectivity index is 2.23. The van der Waals surface area contributed by atoms with Gasteiger partial charge < -0.3 is 4.74 Å². The minimum atomic E-state index is 0.833. The van der Waals surface area contributed by atoms with Gasteiger partial charge >= 0.3 is 0 Å². The van der Waals surface area contributed by atoms with Crippen LogP contribution in [0.25, 0.3) is 16.9 Å². The minimum absolute atomic E-state index is 0.833. The quantitative estimate of drug-likeness (QED) is 0.672. The summed E-state index contributed by atoms with van der Waals surface area (Å²) in [7, 11) is 1.66. The SMILES string of the molecule is COc1cccc(-c2cccc3ncnn23)c1. The van der Waals surface area contributed by atoms with Gasteiger partial charge in [-0.1, -0.05) is 18.2 Å². The molecule has 0 aliphatic rings. The number of hydrogen-bond donors (Lipinski definition) is 0. The molecule has 4 heteroatoms. The first-order valence-electron chi connectivity index (χ1n) is 5.31. The summed E-state index contributed by atoms with van der Waals surface area (Å²) in [5.41, 5.74) is 2.89. The van der Waals surface area contributed by atoms with Crippen molar-refractivity contribution in [2.24, 2.45) is 0 Å². The van der Waals surface area contributed by atoms with E-state index in [9.17, 15) is 0 Å². The highest BCUT2D eigenvalue weighted by Crippen LogP contribution is 2.23. The molecule has 1 aromatic carbocycles. The molecule has 17 heavy (non-hydrogen) atoms. The summed E-state index contributed by atoms with van der Waals surface area (Å²) in [5.74, 6) is 0.833. The lowest BCUT2D eigenvalue weighted by molar-refractivity contribution is 0.415. The summed E-state index contributed by atoms with van der Waals surface area (Å²) in [6.45, 7) is 0. The summed E-state index contributed by atoms with van der Waals surface area (Å²) in [6, 6.07) is 13.8. The number of ether oxygens (including phenoxy) is 1. The van der Waals surface area contributed by atoms with Crippen molar-refractivity contribution in [3.05, 3.63) is 48.8 Å². The van der Waals surface area contributed by atoms with E-state index >= 15 is 0 Å². The van der Waals surface area contributed by atoms with Crippen molar-refractivity contribution in [2.75, 3.05) is 7.11 Å². The number of methoxy groups -OCH3 is 1. The number of rotatable bonds is 2. The van der Waals surface area contributed by atoms with E-state index in [1.807, 2.05) is 47.0 Å². The molecule has 0 radical (unpaired) electrons. The number of fused-ring (bicyclic) bond motifs is 1. The highest BCUT2D eigenvalue weighted by molar-refractivity contribution is 5.64. The fourth-order valence-electron chi connectivity index (χ4n) is 1.85. The molecule has 2 aromatic heterocycles. The molecule has 3 aromatic rings. The topological polar surface area (TPSA) is 39.4 Å². The van der Waals surface area contributed by atoms with Gasteiger partial charge in [0.05, 0.1) is 12.8 Å². The van der Waals surface area contributed by atoms with E-state index in [-0.39, 0.29) is 0 Å². The van der Waals surface area contributed by atoms with E-state index in [2.05, 4.69) is 10.1 Å². The third-order valence-corrected chi connectivity index (χ3v) is 2.67. The Morgan fingerprint density at radius 1 is 1.12 bits per heavy atom. The number of pyridine rings is 1. The maximum atomic E-state index is 5.22. The molecule has 0 saturated carbocycles. The Hall–Kier alpha value is -2.36. The van der Waals surface area contributed by atoms with Gasteiger partial charge in [-0.15, -0.1) is 0 Å². The van der Waals surface area contributed by atoms with Gasteiger partial charge in [-0.3, -0.25) is 0 Å². The van der Waals surface area contributed by atoms with Crippen molar-refractivity contribution in [1.82, 2.24) is 14.6 Å². The van der Waals surface area contributed by atoms with Gasteiger partial charge in [-0.05, 0) is 24.3 Å². The lowest BCUT2D eigenvalue weighted by Gasteiger charge is -2.06. The zero-order chi connectivity index (χ0) is 11.7. The molecule has 0 spiro atoms. The largest absolute Gasteiger partial charge is 0.497 e. The molecule has 84 valence electrons. The lowest BCUT2D eigenvalue weighted by atomic mass is 10.1. The van der Waals surface area contributed by atoms with Gasteiger partial charge in [0, 0.05) is 5.56 Å². The summed E-state index contributed by atoms with van der Waals surface area (Å²) in [4.78, 5) is 4.17. The van der Waals surface area contributed by atoms with Gasteiger partial charge in [0.2, 0.25) is 0 Å². The van der Waals surface area contributed by atoms with Crippen LogP contribution in [0.4, 0.5) is 0 Å². The first kappa shape index (κ1) is 9.84. The molecule has 0 atom stereocenters. The lowest BCUT2D eigenvalue weighted by Crippen LogP contribution is -1.93. The van der Waals surface area contributed by atoms with Crippen LogP contribution in [0.2, 0.25) is 0 Å². The molecule has 4 nitrogen and oxygen atoms in total. The average Bonchev–Trinajstić information content (AvgIpc) is 2.87. The standard InChI is InChI=1S/C13H11N3O/c1-17-11-5-2-4-10(8-11)12-6-3-7-13-14-9-15-16(12)13/h2-9H,1H3. The Kier molecular flexibility index (Phi) is 2.26. The van der Waals surface area contributed by atoms with Crippen LogP contribution in [0.3, 0.4) is 0 Å². The number of nitrogens with zero attached hydrogens (tertiary/aromatic N) is 3. The van der Waals surface area contributed by atoms with Crippen molar-refractivity contribution >= 4 is 5.65 Å². The van der Waals surface area contributed by atoms with Crippen LogP contribution in [0, 0.1) is 0 Å². The number of aromatic nitrogens is 3. The summed E-state index contributed by atoms with van der Waals surface area (Å²) < 4.78 is 7.04. The predicted octanol–water partition coefficient (Wildman–Crippen LogP) is 2.40. The molecule has 0 bridgehead atoms. The van der Waals surface area contributed by atoms with Gasteiger partial charge in [-0.2, -0.15) is 5.10 Å². The maximum Gasteiger partial charge on any atom is 0.155 e. The molecule has 0 aliphatic carbocycles. The van der Waals surface area contributed by atoms with Gasteiger partial charge in [0.15, 0.2) is 5.65 Å². The van der Waals surface area contributed by atoms with Crippen LogP contribution >= 0.6 is 0 Å². The molecule has 2 heterocycles. The molecule has 0 fully saturated rings. The summed E-state index contributed by atoms with van der Waals surface area (Å²) in [6.07, 6.45) is 1.55. The van der Waals surface area contributed by atoms with E-state index in [0.717, 1.165) is 22.7 Å². The normalized spacial score (nSPS) is 10.6. The Morgan fingerprint density at radius 2 is 2.00 bits per heavy atom. The number of benzene rings is 1. The predicted molar refractivity (Wildman–Crippen MR) is 65.0 cm³/mol. The van der Waals surface area contributed by atoms with Gasteiger partial charge in [0.25, 0.3) is 0 Å². The molecule has 0 saturated heterocycles. The molecule has 0 aliphatic heterocycles. The molecule has 0 amide bonds. The summed E-state index contributed by atoms with van der Waals surface area (Å²) >= 11 is 0. The van der Waals surface area contributed by atoms with Gasteiger partial charge in [-0.25, -0.2) is 9.50 Å². The van der Waals surface area contributed by atoms with E-state index < -0.39 is 0 Å². The second-order valence-electron chi connectivity index (χ2n) is 3.67. The third-order valence-electron chi connectivity index (χ3n) is 2.67. The monoisotopic (exact) mass is 225 g/mol. The average molecular weight is 225 g/mol. The highest BCUT2D eigenvalue weighted by Gasteiger charge is 2.05. The second-order valence-corrected chi connectivity index (χ2v) is 3.67.